The van der Waals surface area contributed by atoms with Gasteiger partial charge >= 0.3 is 0 Å². The van der Waals surface area contributed by atoms with Crippen LogP contribution in [0.3, 0.4) is 0 Å². The predicted molar refractivity (Wildman–Crippen MR) is 67.7 cm³/mol. The molecule has 1 unspecified atom stereocenters. The van der Waals surface area contributed by atoms with E-state index in [2.05, 4.69) is 23.7 Å². The Balaban J connectivity index is 2.07. The SMILES string of the molecule is CCC(C)N1CCN(c2nc(F)c(F)cc2F)CC1. The smallest absolute Gasteiger partial charge is 0.251 e. The average Bonchev–Trinajstić information content (AvgIpc) is 2.42. The van der Waals surface area contributed by atoms with E-state index in [0.717, 1.165) is 19.5 Å². The molecule has 3 nitrogen and oxygen atoms in total. The molecular formula is C13H18F3N3. The van der Waals surface area contributed by atoms with Crippen molar-refractivity contribution in [1.82, 2.24) is 9.88 Å². The number of hydrogen-bond donors (Lipinski definition) is 0. The van der Waals surface area contributed by atoms with Gasteiger partial charge in [-0.2, -0.15) is 9.37 Å². The van der Waals surface area contributed by atoms with Crippen molar-refractivity contribution in [3.05, 3.63) is 23.6 Å². The Bertz CT molecular complexity index is 445. The Labute approximate surface area is 111 Å². The monoisotopic (exact) mass is 273 g/mol. The molecule has 1 fully saturated rings. The summed E-state index contributed by atoms with van der Waals surface area (Å²) in [5.41, 5.74) is 0. The first-order valence-electron chi connectivity index (χ1n) is 6.53. The number of nitrogens with zero attached hydrogens (tertiary/aromatic N) is 3. The summed E-state index contributed by atoms with van der Waals surface area (Å²) >= 11 is 0. The van der Waals surface area contributed by atoms with Gasteiger partial charge in [0.25, 0.3) is 5.95 Å². The van der Waals surface area contributed by atoms with Gasteiger partial charge in [0.15, 0.2) is 17.5 Å². The van der Waals surface area contributed by atoms with Gasteiger partial charge in [-0.25, -0.2) is 8.78 Å². The van der Waals surface area contributed by atoms with Crippen molar-refractivity contribution in [2.45, 2.75) is 26.3 Å². The van der Waals surface area contributed by atoms with Crippen LogP contribution in [0.2, 0.25) is 0 Å². The number of rotatable bonds is 3. The topological polar surface area (TPSA) is 19.4 Å². The average molecular weight is 273 g/mol. The fourth-order valence-corrected chi connectivity index (χ4v) is 2.29. The molecular weight excluding hydrogens is 255 g/mol. The molecule has 1 aromatic heterocycles. The van der Waals surface area contributed by atoms with Gasteiger partial charge in [0, 0.05) is 38.3 Å². The van der Waals surface area contributed by atoms with Gasteiger partial charge in [0.2, 0.25) is 0 Å². The lowest BCUT2D eigenvalue weighted by Gasteiger charge is -2.38. The second-order valence-electron chi connectivity index (χ2n) is 4.85. The molecule has 0 bridgehead atoms. The van der Waals surface area contributed by atoms with Crippen LogP contribution in [0.4, 0.5) is 19.0 Å². The number of aromatic nitrogens is 1. The molecule has 106 valence electrons. The summed E-state index contributed by atoms with van der Waals surface area (Å²) in [5, 5.41) is 0. The van der Waals surface area contributed by atoms with Crippen molar-refractivity contribution in [3.63, 3.8) is 0 Å². The summed E-state index contributed by atoms with van der Waals surface area (Å²) in [6.07, 6.45) is 1.05. The second-order valence-corrected chi connectivity index (χ2v) is 4.85. The third-order valence-corrected chi connectivity index (χ3v) is 3.70. The lowest BCUT2D eigenvalue weighted by molar-refractivity contribution is 0.192. The van der Waals surface area contributed by atoms with Crippen LogP contribution in [-0.4, -0.2) is 42.1 Å². The summed E-state index contributed by atoms with van der Waals surface area (Å²) in [6, 6.07) is 1.03. The minimum Gasteiger partial charge on any atom is -0.352 e. The van der Waals surface area contributed by atoms with Crippen LogP contribution in [0.25, 0.3) is 0 Å². The predicted octanol–water partition coefficient (Wildman–Crippen LogP) is 2.42. The second kappa shape index (κ2) is 5.77. The molecule has 0 aromatic carbocycles. The summed E-state index contributed by atoms with van der Waals surface area (Å²) in [7, 11) is 0. The van der Waals surface area contributed by atoms with E-state index in [-0.39, 0.29) is 5.82 Å². The van der Waals surface area contributed by atoms with Crippen molar-refractivity contribution in [3.8, 4) is 0 Å². The van der Waals surface area contributed by atoms with Crippen molar-refractivity contribution >= 4 is 5.82 Å². The van der Waals surface area contributed by atoms with Crippen LogP contribution in [0.15, 0.2) is 6.07 Å². The number of anilines is 1. The molecule has 1 aromatic rings. The van der Waals surface area contributed by atoms with E-state index in [9.17, 15) is 13.2 Å². The summed E-state index contributed by atoms with van der Waals surface area (Å²) < 4.78 is 39.5. The van der Waals surface area contributed by atoms with Gasteiger partial charge < -0.3 is 4.90 Å². The highest BCUT2D eigenvalue weighted by atomic mass is 19.2. The highest BCUT2D eigenvalue weighted by molar-refractivity contribution is 5.40. The first-order chi connectivity index (χ1) is 9.02. The Hall–Kier alpha value is -1.30. The number of pyridine rings is 1. The molecule has 19 heavy (non-hydrogen) atoms. The Morgan fingerprint density at radius 1 is 1.16 bits per heavy atom. The highest BCUT2D eigenvalue weighted by Crippen LogP contribution is 2.21. The number of piperazine rings is 1. The fraction of sp³-hybridized carbons (Fsp3) is 0.615. The molecule has 0 aliphatic carbocycles. The van der Waals surface area contributed by atoms with Crippen molar-refractivity contribution < 1.29 is 13.2 Å². The molecule has 1 aliphatic heterocycles. The quantitative estimate of drug-likeness (QED) is 0.788. The van der Waals surface area contributed by atoms with Gasteiger partial charge in [-0.15, -0.1) is 0 Å². The van der Waals surface area contributed by atoms with E-state index in [0.29, 0.717) is 25.2 Å². The molecule has 0 saturated carbocycles. The van der Waals surface area contributed by atoms with E-state index in [1.165, 1.54) is 0 Å². The molecule has 2 heterocycles. The maximum absolute atomic E-state index is 13.6. The van der Waals surface area contributed by atoms with Gasteiger partial charge in [0.1, 0.15) is 0 Å². The highest BCUT2D eigenvalue weighted by Gasteiger charge is 2.24. The zero-order valence-electron chi connectivity index (χ0n) is 11.2. The lowest BCUT2D eigenvalue weighted by atomic mass is 10.2. The third-order valence-electron chi connectivity index (χ3n) is 3.70. The largest absolute Gasteiger partial charge is 0.352 e. The Kier molecular flexibility index (Phi) is 4.29. The molecule has 1 saturated heterocycles. The minimum absolute atomic E-state index is 0.0947. The molecule has 1 aliphatic rings. The molecule has 0 amide bonds. The maximum atomic E-state index is 13.6. The number of halogens is 3. The summed E-state index contributed by atoms with van der Waals surface area (Å²) in [6.45, 7) is 6.95. The van der Waals surface area contributed by atoms with Crippen LogP contribution in [-0.2, 0) is 0 Å². The normalized spacial score (nSPS) is 18.7. The van der Waals surface area contributed by atoms with E-state index in [1.54, 1.807) is 4.90 Å². The molecule has 0 N–H and O–H groups in total. The van der Waals surface area contributed by atoms with E-state index in [1.807, 2.05) is 0 Å². The van der Waals surface area contributed by atoms with Crippen molar-refractivity contribution in [2.75, 3.05) is 31.1 Å². The lowest BCUT2D eigenvalue weighted by Crippen LogP contribution is -2.50. The van der Waals surface area contributed by atoms with Crippen LogP contribution in [0.1, 0.15) is 20.3 Å². The Morgan fingerprint density at radius 3 is 2.37 bits per heavy atom. The van der Waals surface area contributed by atoms with Gasteiger partial charge in [-0.05, 0) is 13.3 Å². The van der Waals surface area contributed by atoms with Crippen molar-refractivity contribution in [1.29, 1.82) is 0 Å². The maximum Gasteiger partial charge on any atom is 0.251 e. The molecule has 0 radical (unpaired) electrons. The van der Waals surface area contributed by atoms with Crippen molar-refractivity contribution in [2.24, 2.45) is 0 Å². The standard InChI is InChI=1S/C13H18F3N3/c1-3-9(2)18-4-6-19(7-5-18)13-11(15)8-10(14)12(16)17-13/h8-9H,3-7H2,1-2H3. The van der Waals surface area contributed by atoms with E-state index >= 15 is 0 Å². The van der Waals surface area contributed by atoms with Crippen LogP contribution in [0, 0.1) is 17.6 Å². The fourth-order valence-electron chi connectivity index (χ4n) is 2.29. The first-order valence-corrected chi connectivity index (χ1v) is 6.53. The molecule has 0 spiro atoms. The molecule has 2 rings (SSSR count). The van der Waals surface area contributed by atoms with Crippen LogP contribution in [0.5, 0.6) is 0 Å². The molecule has 6 heteroatoms. The minimum atomic E-state index is -1.25. The van der Waals surface area contributed by atoms with Gasteiger partial charge in [-0.3, -0.25) is 4.90 Å². The van der Waals surface area contributed by atoms with E-state index < -0.39 is 17.6 Å². The Morgan fingerprint density at radius 2 is 1.79 bits per heavy atom. The summed E-state index contributed by atoms with van der Waals surface area (Å²) in [4.78, 5) is 7.34. The molecule has 1 atom stereocenters. The first kappa shape index (κ1) is 14.1. The van der Waals surface area contributed by atoms with E-state index in [4.69, 9.17) is 0 Å². The zero-order chi connectivity index (χ0) is 14.0. The van der Waals surface area contributed by atoms with Gasteiger partial charge in [0.05, 0.1) is 0 Å². The van der Waals surface area contributed by atoms with Crippen LogP contribution >= 0.6 is 0 Å². The third kappa shape index (κ3) is 3.00. The number of hydrogen-bond acceptors (Lipinski definition) is 3. The summed E-state index contributed by atoms with van der Waals surface area (Å²) in [5.74, 6) is -3.40. The van der Waals surface area contributed by atoms with Gasteiger partial charge in [-0.1, -0.05) is 6.92 Å². The van der Waals surface area contributed by atoms with Crippen LogP contribution < -0.4 is 4.90 Å². The zero-order valence-corrected chi connectivity index (χ0v) is 11.2.